The van der Waals surface area contributed by atoms with E-state index in [9.17, 15) is 28.8 Å². The molecule has 1 aliphatic heterocycles. The van der Waals surface area contributed by atoms with Gasteiger partial charge in [0.1, 0.15) is 12.1 Å². The maximum Gasteiger partial charge on any atom is 0.316 e. The Hall–Kier alpha value is -3.76. The summed E-state index contributed by atoms with van der Waals surface area (Å²) in [4.78, 5) is 81.2. The van der Waals surface area contributed by atoms with E-state index < -0.39 is 47.8 Å². The largest absolute Gasteiger partial charge is 0.363 e. The Balaban J connectivity index is 1.56. The summed E-state index contributed by atoms with van der Waals surface area (Å²) < 4.78 is 0. The lowest BCUT2D eigenvalue weighted by Crippen LogP contribution is -2.61. The normalized spacial score (nSPS) is 22.2. The van der Waals surface area contributed by atoms with Crippen LogP contribution in [0.3, 0.4) is 0 Å². The number of nitrogens with zero attached hydrogens (tertiary/aromatic N) is 1. The fourth-order valence-corrected chi connectivity index (χ4v) is 7.11. The summed E-state index contributed by atoms with van der Waals surface area (Å²) in [5.41, 5.74) is 5.80. The molecular formula is C35H51N5O6. The molecule has 252 valence electrons. The number of benzene rings is 1. The molecule has 4 rings (SSSR count). The van der Waals surface area contributed by atoms with Gasteiger partial charge in [0.2, 0.25) is 17.6 Å². The van der Waals surface area contributed by atoms with Crippen LogP contribution in [0.5, 0.6) is 0 Å². The van der Waals surface area contributed by atoms with Gasteiger partial charge in [0, 0.05) is 12.1 Å². The number of nitrogens with two attached hydrogens (primary N) is 1. The van der Waals surface area contributed by atoms with Crippen LogP contribution in [-0.2, 0) is 19.2 Å². The Labute approximate surface area is 272 Å². The molecule has 0 spiro atoms. The number of carbonyl (C=O) groups is 6. The van der Waals surface area contributed by atoms with Crippen molar-refractivity contribution in [2.24, 2.45) is 35.3 Å². The third kappa shape index (κ3) is 8.73. The predicted molar refractivity (Wildman–Crippen MR) is 173 cm³/mol. The maximum atomic E-state index is 14.4. The zero-order valence-corrected chi connectivity index (χ0v) is 27.6. The molecule has 2 aliphatic carbocycles. The second kappa shape index (κ2) is 15.7. The summed E-state index contributed by atoms with van der Waals surface area (Å²) in [7, 11) is 0. The molecule has 5 atom stereocenters. The number of rotatable bonds is 14. The lowest BCUT2D eigenvalue weighted by atomic mass is 9.83. The van der Waals surface area contributed by atoms with Crippen LogP contribution in [0, 0.1) is 29.6 Å². The Morgan fingerprint density at radius 3 is 2.07 bits per heavy atom. The van der Waals surface area contributed by atoms with Crippen molar-refractivity contribution in [3.8, 4) is 0 Å². The zero-order chi connectivity index (χ0) is 33.5. The number of urea groups is 1. The molecule has 5 N–H and O–H groups in total. The number of hydrogen-bond acceptors (Lipinski definition) is 6. The monoisotopic (exact) mass is 637 g/mol. The topological polar surface area (TPSA) is 168 Å². The summed E-state index contributed by atoms with van der Waals surface area (Å²) in [5, 5.41) is 8.55. The number of ketones is 2. The molecule has 11 heteroatoms. The average molecular weight is 638 g/mol. The molecule has 5 amide bonds. The van der Waals surface area contributed by atoms with Crippen molar-refractivity contribution >= 4 is 35.3 Å². The predicted octanol–water partition coefficient (Wildman–Crippen LogP) is 3.35. The first-order chi connectivity index (χ1) is 21.9. The second-order valence-electron chi connectivity index (χ2n) is 14.1. The Morgan fingerprint density at radius 2 is 1.50 bits per heavy atom. The molecular weight excluding hydrogens is 586 g/mol. The SMILES string of the molecule is CC(C)[C@H](NC(=O)N[C@H](C(=O)N1CC[C@H](C(C)C)[C@H]1C(=O)NC(CC1CC1)C(=O)C(N)=O)C1CCCCC1)C(=O)c1ccccc1. The average Bonchev–Trinajstić information content (AvgIpc) is 3.74. The number of carbonyl (C=O) groups excluding carboxylic acids is 6. The Kier molecular flexibility index (Phi) is 12.0. The molecule has 3 aliphatic rings. The van der Waals surface area contributed by atoms with Crippen molar-refractivity contribution in [2.75, 3.05) is 6.54 Å². The van der Waals surface area contributed by atoms with E-state index in [0.717, 1.165) is 44.9 Å². The minimum absolute atomic E-state index is 0.0578. The van der Waals surface area contributed by atoms with Crippen molar-refractivity contribution in [1.82, 2.24) is 20.9 Å². The standard InChI is InChI=1S/C35H51N5O6/c1-20(2)25-17-18-40(29(25)33(44)37-26(19-22-15-16-22)31(42)32(36)43)34(45)28(23-11-7-5-8-12-23)39-35(46)38-27(21(3)4)30(41)24-13-9-6-10-14-24/h6,9-10,13-14,20-23,25-29H,5,7-8,11-12,15-19H2,1-4H3,(H2,36,43)(H,37,44)(H2,38,39,46)/t25-,26?,27+,28+,29+/m1/s1. The van der Waals surface area contributed by atoms with E-state index in [1.54, 1.807) is 29.2 Å². The number of likely N-dealkylation sites (tertiary alicyclic amines) is 1. The van der Waals surface area contributed by atoms with Gasteiger partial charge in [-0.2, -0.15) is 0 Å². The number of primary amides is 1. The van der Waals surface area contributed by atoms with Gasteiger partial charge in [-0.25, -0.2) is 4.79 Å². The molecule has 46 heavy (non-hydrogen) atoms. The summed E-state index contributed by atoms with van der Waals surface area (Å²) in [6.07, 6.45) is 7.17. The highest BCUT2D eigenvalue weighted by Crippen LogP contribution is 2.36. The fourth-order valence-electron chi connectivity index (χ4n) is 7.11. The van der Waals surface area contributed by atoms with E-state index in [4.69, 9.17) is 5.73 Å². The summed E-state index contributed by atoms with van der Waals surface area (Å²) >= 11 is 0. The van der Waals surface area contributed by atoms with Crippen LogP contribution >= 0.6 is 0 Å². The van der Waals surface area contributed by atoms with Crippen molar-refractivity contribution in [2.45, 2.75) is 110 Å². The first-order valence-corrected chi connectivity index (χ1v) is 17.0. The zero-order valence-electron chi connectivity index (χ0n) is 27.6. The smallest absolute Gasteiger partial charge is 0.316 e. The van der Waals surface area contributed by atoms with Gasteiger partial charge >= 0.3 is 6.03 Å². The number of amides is 5. The highest BCUT2D eigenvalue weighted by atomic mass is 16.2. The molecule has 11 nitrogen and oxygen atoms in total. The highest BCUT2D eigenvalue weighted by Gasteiger charge is 2.47. The first-order valence-electron chi connectivity index (χ1n) is 17.0. The van der Waals surface area contributed by atoms with Crippen molar-refractivity contribution < 1.29 is 28.8 Å². The van der Waals surface area contributed by atoms with Crippen molar-refractivity contribution in [1.29, 1.82) is 0 Å². The van der Waals surface area contributed by atoms with Gasteiger partial charge in [-0.05, 0) is 55.3 Å². The van der Waals surface area contributed by atoms with Gasteiger partial charge in [0.15, 0.2) is 5.78 Å². The number of Topliss-reactive ketones (excluding diaryl/α,β-unsaturated/α-hetero) is 2. The van der Waals surface area contributed by atoms with Gasteiger partial charge in [-0.15, -0.1) is 0 Å². The molecule has 1 saturated heterocycles. The molecule has 3 fully saturated rings. The van der Waals surface area contributed by atoms with Gasteiger partial charge in [-0.1, -0.05) is 90.1 Å². The van der Waals surface area contributed by atoms with Crippen molar-refractivity contribution in [3.05, 3.63) is 35.9 Å². The Morgan fingerprint density at radius 1 is 0.848 bits per heavy atom. The molecule has 0 aromatic heterocycles. The van der Waals surface area contributed by atoms with Gasteiger partial charge < -0.3 is 26.6 Å². The molecule has 2 saturated carbocycles. The third-order valence-corrected chi connectivity index (χ3v) is 9.96. The summed E-state index contributed by atoms with van der Waals surface area (Å²) in [5.74, 6) is -3.17. The number of hydrogen-bond donors (Lipinski definition) is 4. The van der Waals surface area contributed by atoms with E-state index in [2.05, 4.69) is 16.0 Å². The van der Waals surface area contributed by atoms with Gasteiger partial charge in [0.05, 0.1) is 12.1 Å². The third-order valence-electron chi connectivity index (χ3n) is 9.96. The molecule has 1 unspecified atom stereocenters. The van der Waals surface area contributed by atoms with Crippen LogP contribution in [0.15, 0.2) is 30.3 Å². The van der Waals surface area contributed by atoms with E-state index in [-0.39, 0.29) is 41.3 Å². The van der Waals surface area contributed by atoms with Crippen LogP contribution in [0.1, 0.15) is 95.8 Å². The van der Waals surface area contributed by atoms with Crippen LogP contribution in [0.2, 0.25) is 0 Å². The number of nitrogens with one attached hydrogen (secondary N) is 3. The van der Waals surface area contributed by atoms with E-state index in [1.807, 2.05) is 33.8 Å². The van der Waals surface area contributed by atoms with Gasteiger partial charge in [0.25, 0.3) is 5.91 Å². The molecule has 1 aromatic carbocycles. The minimum atomic E-state index is -1.09. The minimum Gasteiger partial charge on any atom is -0.363 e. The van der Waals surface area contributed by atoms with Crippen LogP contribution in [0.4, 0.5) is 4.79 Å². The van der Waals surface area contributed by atoms with E-state index in [0.29, 0.717) is 24.9 Å². The second-order valence-corrected chi connectivity index (χ2v) is 14.1. The highest BCUT2D eigenvalue weighted by molar-refractivity contribution is 6.37. The lowest BCUT2D eigenvalue weighted by Gasteiger charge is -2.36. The van der Waals surface area contributed by atoms with Crippen LogP contribution in [-0.4, -0.2) is 70.9 Å². The Bertz CT molecular complexity index is 1270. The van der Waals surface area contributed by atoms with Crippen LogP contribution < -0.4 is 21.7 Å². The quantitative estimate of drug-likeness (QED) is 0.180. The summed E-state index contributed by atoms with van der Waals surface area (Å²) in [6.45, 7) is 8.03. The van der Waals surface area contributed by atoms with E-state index >= 15 is 0 Å². The first kappa shape index (κ1) is 35.1. The summed E-state index contributed by atoms with van der Waals surface area (Å²) in [6, 6.07) is 4.58. The van der Waals surface area contributed by atoms with Gasteiger partial charge in [-0.3, -0.25) is 24.0 Å². The van der Waals surface area contributed by atoms with E-state index in [1.165, 1.54) is 0 Å². The molecule has 1 aromatic rings. The van der Waals surface area contributed by atoms with Crippen molar-refractivity contribution in [3.63, 3.8) is 0 Å². The van der Waals surface area contributed by atoms with Crippen LogP contribution in [0.25, 0.3) is 0 Å². The fraction of sp³-hybridized carbons (Fsp3) is 0.657. The maximum absolute atomic E-state index is 14.4. The molecule has 1 heterocycles. The molecule has 0 radical (unpaired) electrons. The molecule has 0 bridgehead atoms. The lowest BCUT2D eigenvalue weighted by molar-refractivity contribution is -0.144.